The van der Waals surface area contributed by atoms with Gasteiger partial charge in [0.25, 0.3) is 0 Å². The molecule has 106 valence electrons. The van der Waals surface area contributed by atoms with Crippen LogP contribution in [0.3, 0.4) is 0 Å². The fourth-order valence-corrected chi connectivity index (χ4v) is 2.59. The largest absolute Gasteiger partial charge is 0.378 e. The molecule has 20 heavy (non-hydrogen) atoms. The number of rotatable bonds is 3. The van der Waals surface area contributed by atoms with Crippen molar-refractivity contribution in [2.24, 2.45) is 0 Å². The maximum Gasteiger partial charge on any atom is 0.129 e. The molecular formula is C14H15ClFN3O. The quantitative estimate of drug-likeness (QED) is 0.947. The van der Waals surface area contributed by atoms with Crippen LogP contribution in [0, 0.1) is 5.82 Å². The van der Waals surface area contributed by atoms with Crippen molar-refractivity contribution in [1.29, 1.82) is 0 Å². The van der Waals surface area contributed by atoms with Crippen molar-refractivity contribution in [3.05, 3.63) is 52.6 Å². The number of hydrogen-bond donors (Lipinski definition) is 1. The zero-order valence-corrected chi connectivity index (χ0v) is 11.6. The van der Waals surface area contributed by atoms with Gasteiger partial charge in [-0.05, 0) is 18.2 Å². The molecule has 1 unspecified atom stereocenters. The van der Waals surface area contributed by atoms with Crippen LogP contribution in [0.25, 0.3) is 0 Å². The lowest BCUT2D eigenvalue weighted by molar-refractivity contribution is -0.0147. The third kappa shape index (κ3) is 2.85. The number of ether oxygens (including phenoxy) is 1. The van der Waals surface area contributed by atoms with Crippen molar-refractivity contribution >= 4 is 11.6 Å². The minimum atomic E-state index is -0.271. The molecule has 1 aromatic heterocycles. The molecule has 1 aliphatic heterocycles. The van der Waals surface area contributed by atoms with E-state index >= 15 is 0 Å². The van der Waals surface area contributed by atoms with Gasteiger partial charge >= 0.3 is 0 Å². The van der Waals surface area contributed by atoms with Gasteiger partial charge in [-0.3, -0.25) is 10.00 Å². The van der Waals surface area contributed by atoms with E-state index in [2.05, 4.69) is 15.1 Å². The maximum absolute atomic E-state index is 13.9. The van der Waals surface area contributed by atoms with E-state index in [-0.39, 0.29) is 11.9 Å². The Balaban J connectivity index is 1.80. The second-order valence-corrected chi connectivity index (χ2v) is 5.25. The number of aromatic amines is 1. The molecule has 0 radical (unpaired) electrons. The Morgan fingerprint density at radius 1 is 1.45 bits per heavy atom. The predicted octanol–water partition coefficient (Wildman–Crippen LogP) is 2.78. The zero-order chi connectivity index (χ0) is 13.9. The van der Waals surface area contributed by atoms with E-state index < -0.39 is 0 Å². The molecule has 1 saturated heterocycles. The van der Waals surface area contributed by atoms with Gasteiger partial charge < -0.3 is 4.74 Å². The van der Waals surface area contributed by atoms with E-state index in [0.29, 0.717) is 30.3 Å². The van der Waals surface area contributed by atoms with Gasteiger partial charge in [0.2, 0.25) is 0 Å². The van der Waals surface area contributed by atoms with Crippen molar-refractivity contribution in [1.82, 2.24) is 15.1 Å². The first-order valence-electron chi connectivity index (χ1n) is 6.49. The number of H-pyrrole nitrogens is 1. The average molecular weight is 296 g/mol. The first kappa shape index (κ1) is 13.5. The summed E-state index contributed by atoms with van der Waals surface area (Å²) in [5.41, 5.74) is 1.62. The van der Waals surface area contributed by atoms with Gasteiger partial charge in [0.05, 0.1) is 24.9 Å². The Bertz CT molecular complexity index is 576. The summed E-state index contributed by atoms with van der Waals surface area (Å²) in [4.78, 5) is 2.18. The fraction of sp³-hybridized carbons (Fsp3) is 0.357. The average Bonchev–Trinajstić information content (AvgIpc) is 2.96. The van der Waals surface area contributed by atoms with Crippen molar-refractivity contribution in [2.75, 3.05) is 19.8 Å². The second-order valence-electron chi connectivity index (χ2n) is 4.81. The van der Waals surface area contributed by atoms with E-state index in [1.54, 1.807) is 18.3 Å². The Morgan fingerprint density at radius 3 is 3.10 bits per heavy atom. The molecule has 1 aromatic carbocycles. The van der Waals surface area contributed by atoms with Crippen LogP contribution in [0.15, 0.2) is 30.5 Å². The molecule has 0 bridgehead atoms. The summed E-state index contributed by atoms with van der Waals surface area (Å²) in [5.74, 6) is -0.271. The Hall–Kier alpha value is -1.43. The van der Waals surface area contributed by atoms with Crippen LogP contribution < -0.4 is 0 Å². The molecular weight excluding hydrogens is 281 g/mol. The molecule has 1 atom stereocenters. The van der Waals surface area contributed by atoms with Crippen molar-refractivity contribution in [3.8, 4) is 0 Å². The molecule has 4 nitrogen and oxygen atoms in total. The third-order valence-electron chi connectivity index (χ3n) is 3.51. The standard InChI is InChI=1S/C14H15ClFN3O/c15-11-2-1-10(12(16)7-11)8-19-5-6-20-9-14(19)13-3-4-17-18-13/h1-4,7,14H,5-6,8-9H2,(H,17,18). The number of morpholine rings is 1. The highest BCUT2D eigenvalue weighted by atomic mass is 35.5. The SMILES string of the molecule is Fc1cc(Cl)ccc1CN1CCOCC1c1ccn[nH]1. The monoisotopic (exact) mass is 295 g/mol. The predicted molar refractivity (Wildman–Crippen MR) is 74.0 cm³/mol. The van der Waals surface area contributed by atoms with Crippen LogP contribution in [0.5, 0.6) is 0 Å². The highest BCUT2D eigenvalue weighted by molar-refractivity contribution is 6.30. The third-order valence-corrected chi connectivity index (χ3v) is 3.74. The molecule has 2 aromatic rings. The van der Waals surface area contributed by atoms with Crippen LogP contribution in [0.4, 0.5) is 4.39 Å². The van der Waals surface area contributed by atoms with Crippen LogP contribution in [-0.4, -0.2) is 34.9 Å². The number of nitrogens with one attached hydrogen (secondary N) is 1. The number of nitrogens with zero attached hydrogens (tertiary/aromatic N) is 2. The minimum Gasteiger partial charge on any atom is -0.378 e. The topological polar surface area (TPSA) is 41.1 Å². The lowest BCUT2D eigenvalue weighted by Gasteiger charge is -2.34. The highest BCUT2D eigenvalue weighted by Gasteiger charge is 2.26. The van der Waals surface area contributed by atoms with E-state index in [4.69, 9.17) is 16.3 Å². The molecule has 6 heteroatoms. The Kier molecular flexibility index (Phi) is 4.00. The highest BCUT2D eigenvalue weighted by Crippen LogP contribution is 2.25. The smallest absolute Gasteiger partial charge is 0.129 e. The van der Waals surface area contributed by atoms with Crippen molar-refractivity contribution in [2.45, 2.75) is 12.6 Å². The second kappa shape index (κ2) is 5.91. The number of benzene rings is 1. The van der Waals surface area contributed by atoms with E-state index in [9.17, 15) is 4.39 Å². The van der Waals surface area contributed by atoms with Crippen molar-refractivity contribution in [3.63, 3.8) is 0 Å². The molecule has 0 saturated carbocycles. The molecule has 1 N–H and O–H groups in total. The lowest BCUT2D eigenvalue weighted by atomic mass is 10.1. The summed E-state index contributed by atoms with van der Waals surface area (Å²) >= 11 is 5.78. The van der Waals surface area contributed by atoms with Gasteiger partial charge in [0, 0.05) is 29.9 Å². The normalized spacial score (nSPS) is 20.2. The van der Waals surface area contributed by atoms with Gasteiger partial charge in [-0.1, -0.05) is 17.7 Å². The molecule has 1 aliphatic rings. The zero-order valence-electron chi connectivity index (χ0n) is 10.9. The molecule has 0 spiro atoms. The Labute approximate surface area is 121 Å². The van der Waals surface area contributed by atoms with Gasteiger partial charge in [-0.25, -0.2) is 4.39 Å². The van der Waals surface area contributed by atoms with Crippen LogP contribution in [-0.2, 0) is 11.3 Å². The van der Waals surface area contributed by atoms with E-state index in [1.807, 2.05) is 6.07 Å². The minimum absolute atomic E-state index is 0.0707. The molecule has 0 aliphatic carbocycles. The number of hydrogen-bond acceptors (Lipinski definition) is 3. The fourth-order valence-electron chi connectivity index (χ4n) is 2.43. The van der Waals surface area contributed by atoms with Crippen LogP contribution in [0.1, 0.15) is 17.3 Å². The maximum atomic E-state index is 13.9. The molecule has 2 heterocycles. The molecule has 3 rings (SSSR count). The summed E-state index contributed by atoms with van der Waals surface area (Å²) < 4.78 is 19.4. The summed E-state index contributed by atoms with van der Waals surface area (Å²) in [6, 6.07) is 6.79. The summed E-state index contributed by atoms with van der Waals surface area (Å²) in [5, 5.41) is 7.34. The number of halogens is 2. The Morgan fingerprint density at radius 2 is 2.35 bits per heavy atom. The first-order valence-corrected chi connectivity index (χ1v) is 6.87. The van der Waals surface area contributed by atoms with Crippen molar-refractivity contribution < 1.29 is 9.13 Å². The lowest BCUT2D eigenvalue weighted by Crippen LogP contribution is -2.39. The van der Waals surface area contributed by atoms with Gasteiger partial charge in [-0.15, -0.1) is 0 Å². The first-order chi connectivity index (χ1) is 9.74. The van der Waals surface area contributed by atoms with Crippen LogP contribution >= 0.6 is 11.6 Å². The van der Waals surface area contributed by atoms with E-state index in [0.717, 1.165) is 12.2 Å². The van der Waals surface area contributed by atoms with Gasteiger partial charge in [0.15, 0.2) is 0 Å². The van der Waals surface area contributed by atoms with Crippen LogP contribution in [0.2, 0.25) is 5.02 Å². The number of aromatic nitrogens is 2. The summed E-state index contributed by atoms with van der Waals surface area (Å²) in [6.45, 7) is 2.51. The van der Waals surface area contributed by atoms with Gasteiger partial charge in [0.1, 0.15) is 5.82 Å². The van der Waals surface area contributed by atoms with E-state index in [1.165, 1.54) is 6.07 Å². The van der Waals surface area contributed by atoms with Gasteiger partial charge in [-0.2, -0.15) is 5.10 Å². The summed E-state index contributed by atoms with van der Waals surface area (Å²) in [6.07, 6.45) is 1.71. The molecule has 0 amide bonds. The summed E-state index contributed by atoms with van der Waals surface area (Å²) in [7, 11) is 0. The molecule has 1 fully saturated rings.